The van der Waals surface area contributed by atoms with Crippen molar-refractivity contribution in [2.45, 2.75) is 192 Å². The van der Waals surface area contributed by atoms with Crippen LogP contribution in [-0.4, -0.2) is 50.5 Å². The van der Waals surface area contributed by atoms with E-state index < -0.39 is 33.6 Å². The van der Waals surface area contributed by atoms with Gasteiger partial charge in [0.1, 0.15) is 26.2 Å². The SMILES string of the molecule is O=C(O[N+]12CCCCCCCCCCCCCCCC[N+](OC(=O)C(F)(F)F)(CCCCCCCCCCCCCCCC1)c1ccc2cc1)C(F)(F)F. The van der Waals surface area contributed by atoms with Gasteiger partial charge in [0.15, 0.2) is 11.4 Å². The second-order valence-corrected chi connectivity index (χ2v) is 15.8. The maximum absolute atomic E-state index is 13.8. The van der Waals surface area contributed by atoms with Crippen molar-refractivity contribution in [1.29, 1.82) is 0 Å². The number of halogens is 6. The van der Waals surface area contributed by atoms with Crippen LogP contribution in [0.2, 0.25) is 0 Å². The molecule has 54 heavy (non-hydrogen) atoms. The van der Waals surface area contributed by atoms with E-state index in [-0.39, 0.29) is 26.2 Å². The van der Waals surface area contributed by atoms with Crippen LogP contribution in [0.1, 0.15) is 180 Å². The number of hydrogen-bond donors (Lipinski definition) is 0. The second-order valence-electron chi connectivity index (χ2n) is 15.8. The Morgan fingerprint density at radius 1 is 0.352 bits per heavy atom. The summed E-state index contributed by atoms with van der Waals surface area (Å²) in [5.41, 5.74) is 0.641. The zero-order valence-electron chi connectivity index (χ0n) is 32.7. The Labute approximate surface area is 320 Å². The number of quaternary nitrogens is 2. The van der Waals surface area contributed by atoms with Crippen molar-refractivity contribution in [1.82, 2.24) is 9.29 Å². The van der Waals surface area contributed by atoms with E-state index in [1.54, 1.807) is 24.3 Å². The first kappa shape index (κ1) is 46.0. The van der Waals surface area contributed by atoms with Gasteiger partial charge in [0.2, 0.25) is 0 Å². The van der Waals surface area contributed by atoms with Crippen LogP contribution < -0.4 is 9.29 Å². The van der Waals surface area contributed by atoms with Gasteiger partial charge in [-0.3, -0.25) is 9.68 Å². The molecule has 0 aromatic heterocycles. The van der Waals surface area contributed by atoms with Crippen molar-refractivity contribution < 1.29 is 45.6 Å². The maximum atomic E-state index is 13.8. The predicted octanol–water partition coefficient (Wildman–Crippen LogP) is 13.3. The average Bonchev–Trinajstić information content (AvgIpc) is 3.12. The molecule has 0 saturated heterocycles. The van der Waals surface area contributed by atoms with Gasteiger partial charge in [-0.2, -0.15) is 26.3 Å². The first-order valence-corrected chi connectivity index (χ1v) is 21.3. The van der Waals surface area contributed by atoms with Crippen LogP contribution in [-0.2, 0) is 19.3 Å². The quantitative estimate of drug-likeness (QED) is 0.222. The Morgan fingerprint density at radius 2 is 0.519 bits per heavy atom. The highest BCUT2D eigenvalue weighted by molar-refractivity contribution is 5.77. The molecular weight excluding hydrogens is 710 g/mol. The fourth-order valence-electron chi connectivity index (χ4n) is 8.16. The molecule has 12 heteroatoms. The summed E-state index contributed by atoms with van der Waals surface area (Å²) in [5.74, 6) is -4.53. The number of carbonyl (C=O) groups excluding carboxylic acids is 2. The van der Waals surface area contributed by atoms with Crippen molar-refractivity contribution in [2.24, 2.45) is 0 Å². The minimum Gasteiger partial charge on any atom is -0.261 e. The Bertz CT molecular complexity index is 1060. The summed E-state index contributed by atoms with van der Waals surface area (Å²) in [4.78, 5) is 36.1. The number of alkyl halides is 6. The molecule has 0 fully saturated rings. The van der Waals surface area contributed by atoms with Gasteiger partial charge in [-0.1, -0.05) is 128 Å². The van der Waals surface area contributed by atoms with E-state index in [4.69, 9.17) is 9.68 Å². The summed E-state index contributed by atoms with van der Waals surface area (Å²) in [6.45, 7) is 0.572. The Morgan fingerprint density at radius 3 is 0.685 bits per heavy atom. The minimum absolute atomic E-state index is 0.143. The molecule has 4 bridgehead atoms. The Kier molecular flexibility index (Phi) is 20.7. The van der Waals surface area contributed by atoms with E-state index in [0.29, 0.717) is 37.1 Å². The highest BCUT2D eigenvalue weighted by atomic mass is 19.4. The van der Waals surface area contributed by atoms with Gasteiger partial charge in [0.05, 0.1) is 0 Å². The van der Waals surface area contributed by atoms with Crippen molar-refractivity contribution in [2.75, 3.05) is 26.2 Å². The van der Waals surface area contributed by atoms with E-state index >= 15 is 0 Å². The maximum Gasteiger partial charge on any atom is 0.497 e. The van der Waals surface area contributed by atoms with Gasteiger partial charge in [-0.05, 0) is 25.7 Å². The van der Waals surface area contributed by atoms with Crippen LogP contribution >= 0.6 is 0 Å². The molecule has 4 heterocycles. The minimum atomic E-state index is -5.20. The van der Waals surface area contributed by atoms with Crippen LogP contribution in [0.3, 0.4) is 0 Å². The molecule has 0 atom stereocenters. The number of hydrogen-bond acceptors (Lipinski definition) is 4. The molecule has 0 unspecified atom stereocenters. The average molecular weight is 779 g/mol. The van der Waals surface area contributed by atoms with Crippen LogP contribution in [0.5, 0.6) is 0 Å². The summed E-state index contributed by atoms with van der Waals surface area (Å²) in [7, 11) is 0. The first-order chi connectivity index (χ1) is 25.9. The van der Waals surface area contributed by atoms with E-state index in [2.05, 4.69) is 0 Å². The molecule has 6 nitrogen and oxygen atoms in total. The van der Waals surface area contributed by atoms with Gasteiger partial charge in [-0.25, -0.2) is 9.59 Å². The van der Waals surface area contributed by atoms with Crippen molar-refractivity contribution in [3.05, 3.63) is 24.3 Å². The molecule has 5 rings (SSSR count). The lowest BCUT2D eigenvalue weighted by atomic mass is 10.0. The molecule has 0 aliphatic carbocycles. The molecule has 0 radical (unpaired) electrons. The second kappa shape index (κ2) is 24.3. The Balaban J connectivity index is 2.08. The topological polar surface area (TPSA) is 52.6 Å². The highest BCUT2D eigenvalue weighted by Gasteiger charge is 2.50. The predicted molar refractivity (Wildman–Crippen MR) is 203 cm³/mol. The van der Waals surface area contributed by atoms with E-state index in [1.165, 1.54) is 0 Å². The standard InChI is InChI=1S/C42H68F6N2O4/c43-41(44,45)39(51)53-49-33-25-21-17-13-9-5-1-2-6-10-14-18-22-26-34-50(54-40(52)42(46,47)48,38-31-29-37(49)30-32-38)36-28-24-20-16-12-8-4-3-7-11-15-19-23-27-35-49/h29-32H,1-28,33-36H2/q+2. The molecule has 310 valence electrons. The van der Waals surface area contributed by atoms with E-state index in [0.717, 1.165) is 154 Å². The first-order valence-electron chi connectivity index (χ1n) is 21.3. The van der Waals surface area contributed by atoms with Gasteiger partial charge < -0.3 is 0 Å². The molecule has 0 N–H and O–H groups in total. The normalized spacial score (nSPS) is 25.7. The number of hydroxylamine groups is 4. The summed E-state index contributed by atoms with van der Waals surface area (Å²) in [6.07, 6.45) is 16.4. The monoisotopic (exact) mass is 779 g/mol. The third-order valence-corrected chi connectivity index (χ3v) is 11.3. The van der Waals surface area contributed by atoms with E-state index in [1.807, 2.05) is 0 Å². The molecule has 1 aromatic rings. The number of benzene rings is 1. The van der Waals surface area contributed by atoms with Crippen molar-refractivity contribution in [3.8, 4) is 0 Å². The summed E-state index contributed by atoms with van der Waals surface area (Å²) in [6, 6.07) is 6.24. The fraction of sp³-hybridized carbons (Fsp3) is 0.810. The number of nitrogens with zero attached hydrogens (tertiary/aromatic N) is 2. The van der Waals surface area contributed by atoms with Gasteiger partial charge in [0.25, 0.3) is 0 Å². The smallest absolute Gasteiger partial charge is 0.261 e. The number of rotatable bonds is 2. The largest absolute Gasteiger partial charge is 0.497 e. The lowest BCUT2D eigenvalue weighted by Gasteiger charge is -2.36. The molecular formula is C42H68F6N2O4+2. The summed E-state index contributed by atoms with van der Waals surface area (Å²) in [5, 5.41) is 0. The highest BCUT2D eigenvalue weighted by Crippen LogP contribution is 2.36. The molecule has 4 aliphatic rings. The van der Waals surface area contributed by atoms with Crippen LogP contribution in [0.15, 0.2) is 24.3 Å². The van der Waals surface area contributed by atoms with E-state index in [9.17, 15) is 35.9 Å². The summed E-state index contributed by atoms with van der Waals surface area (Å²) < 4.78 is 81.7. The lowest BCUT2D eigenvalue weighted by molar-refractivity contribution is -0.236. The Hall–Kier alpha value is -2.34. The summed E-state index contributed by atoms with van der Waals surface area (Å²) >= 11 is 0. The van der Waals surface area contributed by atoms with Crippen LogP contribution in [0.25, 0.3) is 0 Å². The molecule has 0 amide bonds. The third-order valence-electron chi connectivity index (χ3n) is 11.3. The molecule has 4 aliphatic heterocycles. The van der Waals surface area contributed by atoms with Crippen molar-refractivity contribution >= 4 is 23.3 Å². The molecule has 0 spiro atoms. The van der Waals surface area contributed by atoms with Crippen LogP contribution in [0, 0.1) is 0 Å². The van der Waals surface area contributed by atoms with Crippen LogP contribution in [0.4, 0.5) is 37.7 Å². The van der Waals surface area contributed by atoms with Gasteiger partial charge >= 0.3 is 24.3 Å². The zero-order valence-corrected chi connectivity index (χ0v) is 32.7. The van der Waals surface area contributed by atoms with Gasteiger partial charge in [0, 0.05) is 49.9 Å². The number of fused-ring (bicyclic) bond motifs is 30. The molecule has 0 saturated carbocycles. The third kappa shape index (κ3) is 16.8. The van der Waals surface area contributed by atoms with Gasteiger partial charge in [-0.15, -0.1) is 9.29 Å². The fourth-order valence-corrected chi connectivity index (χ4v) is 8.16. The lowest BCUT2D eigenvalue weighted by Crippen LogP contribution is -2.55. The van der Waals surface area contributed by atoms with Crippen molar-refractivity contribution in [3.63, 3.8) is 0 Å². The molecule has 1 aromatic carbocycles. The number of carbonyl (C=O) groups is 2. The zero-order chi connectivity index (χ0) is 39.2.